The van der Waals surface area contributed by atoms with Gasteiger partial charge in [0.25, 0.3) is 11.8 Å². The van der Waals surface area contributed by atoms with E-state index in [1.807, 2.05) is 36.4 Å². The minimum absolute atomic E-state index is 0.0842. The van der Waals surface area contributed by atoms with Crippen molar-refractivity contribution < 1.29 is 47.6 Å². The zero-order valence-electron chi connectivity index (χ0n) is 30.6. The first-order valence-corrected chi connectivity index (χ1v) is 18.3. The molecule has 6 rings (SSSR count). The third-order valence-electron chi connectivity index (χ3n) is 8.69. The smallest absolute Gasteiger partial charge is 0.344 e. The highest BCUT2D eigenvalue weighted by Gasteiger charge is 2.21. The van der Waals surface area contributed by atoms with Gasteiger partial charge in [-0.3, -0.25) is 14.4 Å². The number of fused-ring (bicyclic) bond motifs is 4. The van der Waals surface area contributed by atoms with E-state index in [1.165, 1.54) is 0 Å². The summed E-state index contributed by atoms with van der Waals surface area (Å²) >= 11 is 0. The molecule has 0 aliphatic carbocycles. The summed E-state index contributed by atoms with van der Waals surface area (Å²) in [6.07, 6.45) is 1.02. The lowest BCUT2D eigenvalue weighted by Crippen LogP contribution is -2.33. The molecule has 0 saturated heterocycles. The van der Waals surface area contributed by atoms with Crippen molar-refractivity contribution in [2.75, 3.05) is 32.9 Å². The van der Waals surface area contributed by atoms with Crippen LogP contribution in [0.25, 0.3) is 0 Å². The van der Waals surface area contributed by atoms with Gasteiger partial charge in [0.2, 0.25) is 0 Å². The number of hydrogen-bond donors (Lipinski definition) is 2. The maximum Gasteiger partial charge on any atom is 0.344 e. The molecular weight excluding hydrogens is 716 g/mol. The van der Waals surface area contributed by atoms with E-state index in [1.54, 1.807) is 84.9 Å². The number of nitrogens with one attached hydrogen (secondary N) is 2. The van der Waals surface area contributed by atoms with E-state index in [4.69, 9.17) is 28.4 Å². The van der Waals surface area contributed by atoms with Gasteiger partial charge in [-0.15, -0.1) is 0 Å². The number of hydrogen-bond acceptors (Lipinski definition) is 10. The van der Waals surface area contributed by atoms with E-state index < -0.39 is 18.7 Å². The fourth-order valence-corrected chi connectivity index (χ4v) is 5.79. The molecule has 2 amide bonds. The third kappa shape index (κ3) is 10.9. The molecule has 0 radical (unpaired) electrons. The van der Waals surface area contributed by atoms with Crippen LogP contribution in [-0.4, -0.2) is 63.1 Å². The topological polar surface area (TPSA) is 148 Å². The predicted octanol–water partition coefficient (Wildman–Crippen LogP) is 6.36. The van der Waals surface area contributed by atoms with Gasteiger partial charge >= 0.3 is 5.97 Å². The second kappa shape index (κ2) is 20.0. The van der Waals surface area contributed by atoms with Crippen molar-refractivity contribution in [1.29, 1.82) is 0 Å². The lowest BCUT2D eigenvalue weighted by atomic mass is 10.1. The molecule has 1 aliphatic rings. The van der Waals surface area contributed by atoms with Crippen molar-refractivity contribution in [2.24, 2.45) is 0 Å². The summed E-state index contributed by atoms with van der Waals surface area (Å²) in [6.45, 7) is 0.315. The second-order valence-corrected chi connectivity index (χ2v) is 12.7. The summed E-state index contributed by atoms with van der Waals surface area (Å²) in [5, 5.41) is 5.88. The Kier molecular flexibility index (Phi) is 13.9. The Bertz CT molecular complexity index is 2000. The van der Waals surface area contributed by atoms with E-state index in [0.29, 0.717) is 83.0 Å². The number of aldehydes is 1. The van der Waals surface area contributed by atoms with Crippen molar-refractivity contribution in [3.05, 3.63) is 149 Å². The molecule has 12 nitrogen and oxygen atoms in total. The Hall–Kier alpha value is -6.82. The van der Waals surface area contributed by atoms with Gasteiger partial charge in [0.1, 0.15) is 55.2 Å². The molecule has 5 aromatic carbocycles. The quantitative estimate of drug-likeness (QED) is 0.153. The average molecular weight is 759 g/mol. The van der Waals surface area contributed by atoms with Crippen LogP contribution >= 0.6 is 0 Å². The zero-order chi connectivity index (χ0) is 39.0. The molecular formula is C44H42N2O10. The average Bonchev–Trinajstić information content (AvgIpc) is 3.24. The first kappa shape index (κ1) is 38.9. The van der Waals surface area contributed by atoms with Gasteiger partial charge in [-0.1, -0.05) is 72.8 Å². The summed E-state index contributed by atoms with van der Waals surface area (Å²) in [4.78, 5) is 50.9. The number of benzene rings is 5. The van der Waals surface area contributed by atoms with Crippen LogP contribution in [0, 0.1) is 0 Å². The minimum atomic E-state index is -0.918. The van der Waals surface area contributed by atoms with Crippen molar-refractivity contribution in [3.8, 4) is 28.7 Å². The highest BCUT2D eigenvalue weighted by Crippen LogP contribution is 2.26. The van der Waals surface area contributed by atoms with Gasteiger partial charge in [-0.05, 0) is 61.4 Å². The van der Waals surface area contributed by atoms with Gasteiger partial charge in [0.15, 0.2) is 19.0 Å². The normalized spacial score (nSPS) is 14.6. The molecule has 0 aromatic heterocycles. The Balaban J connectivity index is 1.24. The molecule has 1 aliphatic heterocycles. The van der Waals surface area contributed by atoms with Crippen molar-refractivity contribution in [3.63, 3.8) is 0 Å². The Morgan fingerprint density at radius 2 is 1.07 bits per heavy atom. The molecule has 0 spiro atoms. The van der Waals surface area contributed by atoms with Crippen molar-refractivity contribution in [2.45, 2.75) is 32.2 Å². The van der Waals surface area contributed by atoms with Crippen LogP contribution in [0.15, 0.2) is 121 Å². The maximum absolute atomic E-state index is 13.2. The fourth-order valence-electron chi connectivity index (χ4n) is 5.79. The van der Waals surface area contributed by atoms with Crippen LogP contribution in [0.3, 0.4) is 0 Å². The number of ether oxygens (including phenoxy) is 6. The summed E-state index contributed by atoms with van der Waals surface area (Å²) in [7, 11) is 0. The van der Waals surface area contributed by atoms with Crippen molar-refractivity contribution in [1.82, 2.24) is 10.6 Å². The highest BCUT2D eigenvalue weighted by atomic mass is 16.6. The molecule has 0 fully saturated rings. The molecule has 12 heteroatoms. The first-order valence-electron chi connectivity index (χ1n) is 18.3. The fraction of sp³-hybridized carbons (Fsp3) is 0.227. The molecule has 5 aromatic rings. The maximum atomic E-state index is 13.2. The zero-order valence-corrected chi connectivity index (χ0v) is 30.6. The lowest BCUT2D eigenvalue weighted by Gasteiger charge is -2.21. The second-order valence-electron chi connectivity index (χ2n) is 12.7. The summed E-state index contributed by atoms with van der Waals surface area (Å²) < 4.78 is 36.2. The number of rotatable bonds is 5. The van der Waals surface area contributed by atoms with Gasteiger partial charge in [0, 0.05) is 24.2 Å². The Morgan fingerprint density at radius 1 is 0.607 bits per heavy atom. The summed E-state index contributed by atoms with van der Waals surface area (Å²) in [5.41, 5.74) is 2.44. The molecule has 2 N–H and O–H groups in total. The van der Waals surface area contributed by atoms with Crippen molar-refractivity contribution >= 4 is 24.1 Å². The van der Waals surface area contributed by atoms with E-state index in [-0.39, 0.29) is 44.0 Å². The van der Waals surface area contributed by atoms with Crippen LogP contribution in [0.2, 0.25) is 0 Å². The van der Waals surface area contributed by atoms with Crippen LogP contribution in [-0.2, 0) is 22.7 Å². The van der Waals surface area contributed by atoms with E-state index >= 15 is 0 Å². The van der Waals surface area contributed by atoms with E-state index in [2.05, 4.69) is 10.6 Å². The first-order chi connectivity index (χ1) is 27.5. The summed E-state index contributed by atoms with van der Waals surface area (Å²) in [5.74, 6) is 0.731. The summed E-state index contributed by atoms with van der Waals surface area (Å²) in [6, 6.07) is 35.0. The monoisotopic (exact) mass is 758 g/mol. The number of carbonyl (C=O) groups excluding carboxylic acids is 4. The minimum Gasteiger partial charge on any atom is -0.489 e. The predicted molar refractivity (Wildman–Crippen MR) is 207 cm³/mol. The molecule has 0 bridgehead atoms. The number of para-hydroxylation sites is 5. The third-order valence-corrected chi connectivity index (χ3v) is 8.69. The number of amides is 2. The van der Waals surface area contributed by atoms with Crippen LogP contribution in [0.4, 0.5) is 0 Å². The molecule has 56 heavy (non-hydrogen) atoms. The largest absolute Gasteiger partial charge is 0.489 e. The number of carbonyl (C=O) groups is 4. The van der Waals surface area contributed by atoms with E-state index in [9.17, 15) is 19.2 Å². The van der Waals surface area contributed by atoms with Gasteiger partial charge in [0.05, 0.1) is 16.7 Å². The van der Waals surface area contributed by atoms with Crippen LogP contribution in [0.1, 0.15) is 55.0 Å². The molecule has 0 saturated carbocycles. The SMILES string of the molecule is O=Cc1ccccc1OCC(=O)OC1COc2ccccc2COc2ccccc2C(=O)NCCCCNC(=O)c2ccccc2OCc2ccccc2OC1. The van der Waals surface area contributed by atoms with Gasteiger partial charge in [-0.2, -0.15) is 0 Å². The van der Waals surface area contributed by atoms with E-state index in [0.717, 1.165) is 0 Å². The Morgan fingerprint density at radius 3 is 1.61 bits per heavy atom. The molecule has 1 heterocycles. The molecule has 288 valence electrons. The standard InChI is InChI=1S/C44H42N2O10/c47-25-31-13-1-6-18-37(31)55-30-42(48)56-34-28-53-38-19-7-2-14-32(38)26-51-40-21-9-4-16-35(40)43(49)45-23-11-12-24-46-44(50)36-17-5-10-22-41(36)52-27-33-15-3-8-20-39(33)54-29-34/h1-10,13-22,25,34H,11-12,23-24,26-30H2,(H,45,49)(H,46,50). The van der Waals surface area contributed by atoms with Gasteiger partial charge < -0.3 is 39.1 Å². The highest BCUT2D eigenvalue weighted by molar-refractivity contribution is 5.97. The lowest BCUT2D eigenvalue weighted by molar-refractivity contribution is -0.154. The molecule has 0 atom stereocenters. The number of esters is 1. The van der Waals surface area contributed by atoms with Crippen LogP contribution in [0.5, 0.6) is 28.7 Å². The van der Waals surface area contributed by atoms with Crippen LogP contribution < -0.4 is 34.3 Å². The molecule has 0 unspecified atom stereocenters. The van der Waals surface area contributed by atoms with Gasteiger partial charge in [-0.25, -0.2) is 4.79 Å². The Labute approximate surface area is 324 Å².